The van der Waals surface area contributed by atoms with Gasteiger partial charge in [0.05, 0.1) is 11.9 Å². The highest BCUT2D eigenvalue weighted by Crippen LogP contribution is 2.20. The monoisotopic (exact) mass is 248 g/mol. The molecule has 3 heteroatoms. The van der Waals surface area contributed by atoms with Gasteiger partial charge in [0.1, 0.15) is 6.29 Å². The Kier molecular flexibility index (Phi) is 2.94. The van der Waals surface area contributed by atoms with Gasteiger partial charge in [-0.1, -0.05) is 36.4 Å². The zero-order valence-corrected chi connectivity index (χ0v) is 10.2. The molecule has 0 saturated heterocycles. The lowest BCUT2D eigenvalue weighted by atomic mass is 10.1. The van der Waals surface area contributed by atoms with Crippen molar-refractivity contribution in [3.63, 3.8) is 0 Å². The highest BCUT2D eigenvalue weighted by atomic mass is 16.1. The van der Waals surface area contributed by atoms with Gasteiger partial charge in [0, 0.05) is 17.3 Å². The fourth-order valence-corrected chi connectivity index (χ4v) is 1.99. The molecule has 0 aliphatic heterocycles. The molecule has 2 aromatic carbocycles. The molecule has 1 heterocycles. The molecule has 3 nitrogen and oxygen atoms in total. The van der Waals surface area contributed by atoms with Crippen LogP contribution in [0.25, 0.3) is 16.8 Å². The average molecular weight is 248 g/mol. The third kappa shape index (κ3) is 2.31. The van der Waals surface area contributed by atoms with E-state index in [0.717, 1.165) is 23.1 Å². The molecule has 0 aliphatic rings. The molecule has 0 unspecified atom stereocenters. The van der Waals surface area contributed by atoms with Gasteiger partial charge in [0.15, 0.2) is 0 Å². The van der Waals surface area contributed by atoms with Crippen LogP contribution in [0.15, 0.2) is 67.0 Å². The third-order valence-corrected chi connectivity index (χ3v) is 2.96. The summed E-state index contributed by atoms with van der Waals surface area (Å²) in [5.41, 5.74) is 3.67. The molecule has 3 rings (SSSR count). The normalized spacial score (nSPS) is 10.3. The molecule has 0 bridgehead atoms. The Morgan fingerprint density at radius 3 is 2.58 bits per heavy atom. The minimum atomic E-state index is 0.671. The van der Waals surface area contributed by atoms with Crippen molar-refractivity contribution >= 4 is 6.29 Å². The first kappa shape index (κ1) is 11.4. The van der Waals surface area contributed by atoms with Crippen molar-refractivity contribution in [1.29, 1.82) is 0 Å². The highest BCUT2D eigenvalue weighted by molar-refractivity contribution is 5.78. The Balaban J connectivity index is 1.99. The SMILES string of the molecule is O=Cc1cccc(-c2cnn(-c3ccccc3)c2)c1. The number of aldehydes is 1. The van der Waals surface area contributed by atoms with Crippen LogP contribution in [-0.4, -0.2) is 16.1 Å². The van der Waals surface area contributed by atoms with Crippen molar-refractivity contribution in [2.45, 2.75) is 0 Å². The first-order valence-corrected chi connectivity index (χ1v) is 6.02. The van der Waals surface area contributed by atoms with Crippen LogP contribution in [0, 0.1) is 0 Å². The second-order valence-corrected chi connectivity index (χ2v) is 4.25. The van der Waals surface area contributed by atoms with Gasteiger partial charge in [0.2, 0.25) is 0 Å². The maximum absolute atomic E-state index is 10.8. The standard InChI is InChI=1S/C16H12N2O/c19-12-13-5-4-6-14(9-13)15-10-17-18(11-15)16-7-2-1-3-8-16/h1-12H. The summed E-state index contributed by atoms with van der Waals surface area (Å²) < 4.78 is 1.82. The molecule has 0 atom stereocenters. The number of carbonyl (C=O) groups excluding carboxylic acids is 1. The molecule has 0 spiro atoms. The average Bonchev–Trinajstić information content (AvgIpc) is 2.98. The number of hydrogen-bond acceptors (Lipinski definition) is 2. The quantitative estimate of drug-likeness (QED) is 0.666. The molecule has 0 amide bonds. The van der Waals surface area contributed by atoms with Crippen molar-refractivity contribution < 1.29 is 4.79 Å². The van der Waals surface area contributed by atoms with Crippen molar-refractivity contribution in [3.05, 3.63) is 72.6 Å². The first-order valence-electron chi connectivity index (χ1n) is 6.02. The number of rotatable bonds is 3. The first-order chi connectivity index (χ1) is 9.36. The predicted molar refractivity (Wildman–Crippen MR) is 74.4 cm³/mol. The number of aromatic nitrogens is 2. The van der Waals surface area contributed by atoms with Crippen LogP contribution in [0.5, 0.6) is 0 Å². The predicted octanol–water partition coefficient (Wildman–Crippen LogP) is 3.35. The Bertz CT molecular complexity index is 702. The Hall–Kier alpha value is -2.68. The highest BCUT2D eigenvalue weighted by Gasteiger charge is 2.03. The Morgan fingerprint density at radius 2 is 1.79 bits per heavy atom. The van der Waals surface area contributed by atoms with E-state index in [1.807, 2.05) is 59.4 Å². The Morgan fingerprint density at radius 1 is 0.947 bits per heavy atom. The molecule has 0 aliphatic carbocycles. The van der Waals surface area contributed by atoms with Gasteiger partial charge >= 0.3 is 0 Å². The molecule has 19 heavy (non-hydrogen) atoms. The summed E-state index contributed by atoms with van der Waals surface area (Å²) in [5.74, 6) is 0. The Labute approximate surface area is 111 Å². The van der Waals surface area contributed by atoms with E-state index in [-0.39, 0.29) is 0 Å². The fourth-order valence-electron chi connectivity index (χ4n) is 1.99. The van der Waals surface area contributed by atoms with E-state index >= 15 is 0 Å². The number of carbonyl (C=O) groups is 1. The molecule has 0 fully saturated rings. The second kappa shape index (κ2) is 4.90. The lowest BCUT2D eigenvalue weighted by Gasteiger charge is -2.00. The van der Waals surface area contributed by atoms with Crippen LogP contribution < -0.4 is 0 Å². The van der Waals surface area contributed by atoms with E-state index in [1.54, 1.807) is 12.3 Å². The number of nitrogens with zero attached hydrogens (tertiary/aromatic N) is 2. The maximum atomic E-state index is 10.8. The summed E-state index contributed by atoms with van der Waals surface area (Å²) in [6.45, 7) is 0. The van der Waals surface area contributed by atoms with Crippen molar-refractivity contribution in [2.24, 2.45) is 0 Å². The second-order valence-electron chi connectivity index (χ2n) is 4.25. The molecule has 0 radical (unpaired) electrons. The zero-order chi connectivity index (χ0) is 13.1. The lowest BCUT2D eigenvalue weighted by molar-refractivity contribution is 0.112. The number of para-hydroxylation sites is 1. The summed E-state index contributed by atoms with van der Waals surface area (Å²) in [6.07, 6.45) is 4.61. The van der Waals surface area contributed by atoms with E-state index in [0.29, 0.717) is 5.56 Å². The van der Waals surface area contributed by atoms with Crippen LogP contribution in [0.1, 0.15) is 10.4 Å². The van der Waals surface area contributed by atoms with E-state index < -0.39 is 0 Å². The van der Waals surface area contributed by atoms with E-state index in [2.05, 4.69) is 5.10 Å². The zero-order valence-electron chi connectivity index (χ0n) is 10.2. The van der Waals surface area contributed by atoms with Gasteiger partial charge in [-0.15, -0.1) is 0 Å². The lowest BCUT2D eigenvalue weighted by Crippen LogP contribution is -1.92. The van der Waals surface area contributed by atoms with Crippen molar-refractivity contribution in [1.82, 2.24) is 9.78 Å². The van der Waals surface area contributed by atoms with Gasteiger partial charge < -0.3 is 0 Å². The van der Waals surface area contributed by atoms with Crippen LogP contribution in [0.3, 0.4) is 0 Å². The molecular formula is C16H12N2O. The number of benzene rings is 2. The molecule has 0 saturated carbocycles. The molecule has 92 valence electrons. The van der Waals surface area contributed by atoms with E-state index in [4.69, 9.17) is 0 Å². The maximum Gasteiger partial charge on any atom is 0.150 e. The smallest absolute Gasteiger partial charge is 0.150 e. The molecular weight excluding hydrogens is 236 g/mol. The summed E-state index contributed by atoms with van der Waals surface area (Å²) in [7, 11) is 0. The van der Waals surface area contributed by atoms with E-state index in [9.17, 15) is 4.79 Å². The van der Waals surface area contributed by atoms with E-state index in [1.165, 1.54) is 0 Å². The van der Waals surface area contributed by atoms with Crippen LogP contribution in [0.4, 0.5) is 0 Å². The minimum absolute atomic E-state index is 0.671. The fraction of sp³-hybridized carbons (Fsp3) is 0. The summed E-state index contributed by atoms with van der Waals surface area (Å²) in [6, 6.07) is 17.4. The van der Waals surface area contributed by atoms with Gasteiger partial charge in [-0.3, -0.25) is 4.79 Å². The summed E-state index contributed by atoms with van der Waals surface area (Å²) in [4.78, 5) is 10.8. The van der Waals surface area contributed by atoms with Crippen LogP contribution in [0.2, 0.25) is 0 Å². The topological polar surface area (TPSA) is 34.9 Å². The van der Waals surface area contributed by atoms with Crippen molar-refractivity contribution in [3.8, 4) is 16.8 Å². The number of hydrogen-bond donors (Lipinski definition) is 0. The molecule has 0 N–H and O–H groups in total. The van der Waals surface area contributed by atoms with Gasteiger partial charge in [-0.2, -0.15) is 5.10 Å². The summed E-state index contributed by atoms with van der Waals surface area (Å²) in [5, 5.41) is 4.35. The van der Waals surface area contributed by atoms with Crippen LogP contribution in [-0.2, 0) is 0 Å². The van der Waals surface area contributed by atoms with Gasteiger partial charge in [-0.25, -0.2) is 4.68 Å². The van der Waals surface area contributed by atoms with Crippen LogP contribution >= 0.6 is 0 Å². The van der Waals surface area contributed by atoms with Gasteiger partial charge in [0.25, 0.3) is 0 Å². The minimum Gasteiger partial charge on any atom is -0.298 e. The summed E-state index contributed by atoms with van der Waals surface area (Å²) >= 11 is 0. The van der Waals surface area contributed by atoms with Crippen molar-refractivity contribution in [2.75, 3.05) is 0 Å². The third-order valence-electron chi connectivity index (χ3n) is 2.96. The molecule has 3 aromatic rings. The van der Waals surface area contributed by atoms with Gasteiger partial charge in [-0.05, 0) is 23.8 Å². The largest absolute Gasteiger partial charge is 0.298 e. The molecule has 1 aromatic heterocycles.